The number of H-pyrrole nitrogens is 1. The van der Waals surface area contributed by atoms with E-state index in [-0.39, 0.29) is 11.6 Å². The first-order chi connectivity index (χ1) is 23.9. The van der Waals surface area contributed by atoms with Gasteiger partial charge in [0.2, 0.25) is 5.91 Å². The van der Waals surface area contributed by atoms with Gasteiger partial charge in [0.1, 0.15) is 11.4 Å². The normalized spacial score (nSPS) is 11.9. The molecule has 11 heteroatoms. The number of amides is 3. The summed E-state index contributed by atoms with van der Waals surface area (Å²) in [5, 5.41) is 11.6. The highest BCUT2D eigenvalue weighted by Gasteiger charge is 2.21. The van der Waals surface area contributed by atoms with Gasteiger partial charge in [0, 0.05) is 49.8 Å². The minimum absolute atomic E-state index is 0.0833. The third-order valence-electron chi connectivity index (χ3n) is 7.60. The van der Waals surface area contributed by atoms with E-state index < -0.39 is 17.1 Å². The maximum Gasteiger partial charge on any atom is 0.272 e. The van der Waals surface area contributed by atoms with Crippen LogP contribution in [0.3, 0.4) is 0 Å². The fourth-order valence-electron chi connectivity index (χ4n) is 5.05. The van der Waals surface area contributed by atoms with Gasteiger partial charge in [-0.15, -0.1) is 23.1 Å². The number of rotatable bonds is 12. The molecule has 4 N–H and O–H groups in total. The first-order valence-corrected chi connectivity index (χ1v) is 17.3. The second-order valence-electron chi connectivity index (χ2n) is 10.9. The van der Waals surface area contributed by atoms with E-state index in [0.29, 0.717) is 22.8 Å². The fourth-order valence-corrected chi connectivity index (χ4v) is 6.79. The number of carbonyl (C=O) groups excluding carboxylic acids is 3. The SMILES string of the molecule is CCC(Sc1cccc(NC(=O)/C(=C/c2c[nH]c3ccccc23)NC(=O)c2ccccc2)c1)C(=O)Nc1nc(-c2ccc(OC)cc2)cs1. The lowest BCUT2D eigenvalue weighted by Gasteiger charge is -2.15. The van der Waals surface area contributed by atoms with Crippen molar-refractivity contribution in [2.24, 2.45) is 0 Å². The van der Waals surface area contributed by atoms with Gasteiger partial charge in [-0.05, 0) is 73.2 Å². The molecule has 0 saturated heterocycles. The molecule has 0 fully saturated rings. The number of aromatic nitrogens is 2. The first kappa shape index (κ1) is 33.3. The molecule has 2 heterocycles. The molecule has 2 aromatic heterocycles. The smallest absolute Gasteiger partial charge is 0.272 e. The van der Waals surface area contributed by atoms with Gasteiger partial charge in [-0.3, -0.25) is 14.4 Å². The van der Waals surface area contributed by atoms with E-state index in [4.69, 9.17) is 4.74 Å². The third kappa shape index (κ3) is 8.26. The predicted molar refractivity (Wildman–Crippen MR) is 198 cm³/mol. The van der Waals surface area contributed by atoms with Crippen molar-refractivity contribution < 1.29 is 19.1 Å². The van der Waals surface area contributed by atoms with Crippen molar-refractivity contribution in [1.82, 2.24) is 15.3 Å². The van der Waals surface area contributed by atoms with Gasteiger partial charge >= 0.3 is 0 Å². The molecule has 0 aliphatic carbocycles. The van der Waals surface area contributed by atoms with E-state index in [1.54, 1.807) is 49.7 Å². The Kier molecular flexibility index (Phi) is 10.5. The van der Waals surface area contributed by atoms with Crippen molar-refractivity contribution in [3.63, 3.8) is 0 Å². The summed E-state index contributed by atoms with van der Waals surface area (Å²) in [5.74, 6) is -0.293. The van der Waals surface area contributed by atoms with Crippen molar-refractivity contribution in [3.05, 3.63) is 132 Å². The van der Waals surface area contributed by atoms with Crippen molar-refractivity contribution in [3.8, 4) is 17.0 Å². The number of para-hydroxylation sites is 1. The molecule has 1 unspecified atom stereocenters. The molecule has 4 aromatic carbocycles. The van der Waals surface area contributed by atoms with E-state index in [1.165, 1.54) is 23.1 Å². The van der Waals surface area contributed by atoms with E-state index >= 15 is 0 Å². The maximum atomic E-state index is 13.7. The lowest BCUT2D eigenvalue weighted by Crippen LogP contribution is -2.30. The van der Waals surface area contributed by atoms with Crippen LogP contribution in [0.15, 0.2) is 125 Å². The monoisotopic (exact) mass is 687 g/mol. The number of methoxy groups -OCH3 is 1. The Labute approximate surface area is 291 Å². The average Bonchev–Trinajstić information content (AvgIpc) is 3.78. The molecule has 0 saturated carbocycles. The standard InChI is InChI=1S/C38H33N5O4S2/c1-3-34(37(46)43-38-42-33(23-48-38)24-16-18-28(47-2)19-17-24)49-29-13-9-12-27(21-29)40-36(45)32(41-35(44)25-10-5-4-6-11-25)20-26-22-39-31-15-8-7-14-30(26)31/h4-23,34,39H,3H2,1-2H3,(H,40,45)(H,41,44)(H,42,43,46)/b32-20-. The zero-order valence-electron chi connectivity index (χ0n) is 26.7. The van der Waals surface area contributed by atoms with E-state index in [1.807, 2.05) is 85.1 Å². The van der Waals surface area contributed by atoms with Crippen LogP contribution in [0.2, 0.25) is 0 Å². The summed E-state index contributed by atoms with van der Waals surface area (Å²) in [5.41, 5.74) is 4.40. The Hall–Kier alpha value is -5.65. The van der Waals surface area contributed by atoms with Gasteiger partial charge in [0.25, 0.3) is 11.8 Å². The molecule has 246 valence electrons. The van der Waals surface area contributed by atoms with Crippen LogP contribution in [-0.4, -0.2) is 40.0 Å². The Morgan fingerprint density at radius 3 is 2.49 bits per heavy atom. The lowest BCUT2D eigenvalue weighted by molar-refractivity contribution is -0.116. The van der Waals surface area contributed by atoms with Crippen LogP contribution >= 0.6 is 23.1 Å². The highest BCUT2D eigenvalue weighted by atomic mass is 32.2. The third-order valence-corrected chi connectivity index (χ3v) is 9.72. The highest BCUT2D eigenvalue weighted by molar-refractivity contribution is 8.00. The van der Waals surface area contributed by atoms with Gasteiger partial charge in [-0.25, -0.2) is 4.98 Å². The summed E-state index contributed by atoms with van der Waals surface area (Å²) in [7, 11) is 1.62. The molecule has 0 bridgehead atoms. The number of nitrogens with one attached hydrogen (secondary N) is 4. The molecule has 0 radical (unpaired) electrons. The Morgan fingerprint density at radius 1 is 0.939 bits per heavy atom. The van der Waals surface area contributed by atoms with Gasteiger partial charge in [-0.2, -0.15) is 0 Å². The predicted octanol–water partition coefficient (Wildman–Crippen LogP) is 8.22. The van der Waals surface area contributed by atoms with Crippen LogP contribution in [0, 0.1) is 0 Å². The molecule has 6 rings (SSSR count). The Morgan fingerprint density at radius 2 is 1.71 bits per heavy atom. The molecule has 1 atom stereocenters. The number of carbonyl (C=O) groups is 3. The summed E-state index contributed by atoms with van der Waals surface area (Å²) in [4.78, 5) is 48.7. The van der Waals surface area contributed by atoms with Crippen molar-refractivity contribution in [1.29, 1.82) is 0 Å². The topological polar surface area (TPSA) is 125 Å². The van der Waals surface area contributed by atoms with E-state index in [2.05, 4.69) is 25.9 Å². The van der Waals surface area contributed by atoms with Gasteiger partial charge in [0.15, 0.2) is 5.13 Å². The van der Waals surface area contributed by atoms with Gasteiger partial charge in [0.05, 0.1) is 18.1 Å². The highest BCUT2D eigenvalue weighted by Crippen LogP contribution is 2.31. The lowest BCUT2D eigenvalue weighted by atomic mass is 10.1. The zero-order chi connectivity index (χ0) is 34.2. The van der Waals surface area contributed by atoms with Crippen LogP contribution < -0.4 is 20.7 Å². The van der Waals surface area contributed by atoms with E-state index in [9.17, 15) is 14.4 Å². The van der Waals surface area contributed by atoms with Crippen LogP contribution in [0.4, 0.5) is 10.8 Å². The van der Waals surface area contributed by atoms with Crippen LogP contribution in [0.1, 0.15) is 29.3 Å². The maximum absolute atomic E-state index is 13.7. The first-order valence-electron chi connectivity index (χ1n) is 15.5. The Bertz CT molecular complexity index is 2120. The molecular weight excluding hydrogens is 655 g/mol. The summed E-state index contributed by atoms with van der Waals surface area (Å²) in [6.07, 6.45) is 4.03. The average molecular weight is 688 g/mol. The Balaban J connectivity index is 1.15. The number of nitrogens with zero attached hydrogens (tertiary/aromatic N) is 1. The molecule has 6 aromatic rings. The van der Waals surface area contributed by atoms with Crippen LogP contribution in [-0.2, 0) is 9.59 Å². The van der Waals surface area contributed by atoms with Crippen LogP contribution in [0.25, 0.3) is 28.2 Å². The number of thioether (sulfide) groups is 1. The molecule has 0 aliphatic rings. The number of hydrogen-bond acceptors (Lipinski definition) is 7. The number of anilines is 2. The minimum Gasteiger partial charge on any atom is -0.497 e. The van der Waals surface area contributed by atoms with Crippen molar-refractivity contribution in [2.75, 3.05) is 17.7 Å². The molecular formula is C38H33N5O4S2. The summed E-state index contributed by atoms with van der Waals surface area (Å²) in [6.45, 7) is 1.95. The second-order valence-corrected chi connectivity index (χ2v) is 13.1. The fraction of sp³-hybridized carbons (Fsp3) is 0.105. The number of aromatic amines is 1. The summed E-state index contributed by atoms with van der Waals surface area (Å²) >= 11 is 2.76. The number of ether oxygens (including phenoxy) is 1. The second kappa shape index (κ2) is 15.5. The van der Waals surface area contributed by atoms with Gasteiger partial charge < -0.3 is 25.7 Å². The molecule has 49 heavy (non-hydrogen) atoms. The largest absolute Gasteiger partial charge is 0.497 e. The number of benzene rings is 4. The summed E-state index contributed by atoms with van der Waals surface area (Å²) < 4.78 is 5.23. The molecule has 9 nitrogen and oxygen atoms in total. The van der Waals surface area contributed by atoms with Crippen molar-refractivity contribution >= 4 is 68.6 Å². The number of fused-ring (bicyclic) bond motifs is 1. The summed E-state index contributed by atoms with van der Waals surface area (Å²) in [6, 6.07) is 31.3. The quantitative estimate of drug-likeness (QED) is 0.0759. The molecule has 3 amide bonds. The zero-order valence-corrected chi connectivity index (χ0v) is 28.4. The number of hydrogen-bond donors (Lipinski definition) is 4. The molecule has 0 spiro atoms. The van der Waals surface area contributed by atoms with Crippen LogP contribution in [0.5, 0.6) is 5.75 Å². The van der Waals surface area contributed by atoms with Gasteiger partial charge in [-0.1, -0.05) is 49.4 Å². The van der Waals surface area contributed by atoms with Crippen molar-refractivity contribution in [2.45, 2.75) is 23.5 Å². The number of thiazole rings is 1. The van der Waals surface area contributed by atoms with E-state index in [0.717, 1.165) is 38.4 Å². The molecule has 0 aliphatic heterocycles. The minimum atomic E-state index is -0.488.